The molecule has 3 nitrogen and oxygen atoms in total. The van der Waals surface area contributed by atoms with E-state index in [1.54, 1.807) is 6.07 Å². The Morgan fingerprint density at radius 2 is 2.24 bits per heavy atom. The molecule has 92 valence electrons. The zero-order valence-electron chi connectivity index (χ0n) is 9.30. The third-order valence-corrected chi connectivity index (χ3v) is 2.95. The minimum absolute atomic E-state index is 0.0494. The highest BCUT2D eigenvalue weighted by molar-refractivity contribution is 6.31. The van der Waals surface area contributed by atoms with E-state index >= 15 is 0 Å². The fourth-order valence-electron chi connectivity index (χ4n) is 1.43. The van der Waals surface area contributed by atoms with E-state index in [2.05, 4.69) is 10.6 Å². The van der Waals surface area contributed by atoms with E-state index in [4.69, 9.17) is 11.6 Å². The normalized spacial score (nSPS) is 14.5. The van der Waals surface area contributed by atoms with Crippen LogP contribution in [0.15, 0.2) is 18.2 Å². The number of benzene rings is 1. The van der Waals surface area contributed by atoms with Crippen LogP contribution in [0.2, 0.25) is 5.02 Å². The molecule has 0 heterocycles. The lowest BCUT2D eigenvalue weighted by atomic mass is 10.3. The van der Waals surface area contributed by atoms with Crippen LogP contribution in [-0.2, 0) is 4.79 Å². The first-order chi connectivity index (χ1) is 8.15. The topological polar surface area (TPSA) is 41.1 Å². The van der Waals surface area contributed by atoms with Crippen molar-refractivity contribution in [1.29, 1.82) is 0 Å². The molecule has 0 aliphatic heterocycles. The van der Waals surface area contributed by atoms with E-state index in [0.29, 0.717) is 11.6 Å². The Hall–Kier alpha value is -1.29. The number of amides is 1. The fourth-order valence-corrected chi connectivity index (χ4v) is 1.61. The number of carbonyl (C=O) groups excluding carboxylic acids is 1. The molecule has 1 aliphatic carbocycles. The summed E-state index contributed by atoms with van der Waals surface area (Å²) in [4.78, 5) is 11.4. The predicted molar refractivity (Wildman–Crippen MR) is 65.6 cm³/mol. The Morgan fingerprint density at radius 1 is 1.47 bits per heavy atom. The molecule has 1 aromatic rings. The summed E-state index contributed by atoms with van der Waals surface area (Å²) in [5.74, 6) is 0.145. The first-order valence-corrected chi connectivity index (χ1v) is 5.98. The summed E-state index contributed by atoms with van der Waals surface area (Å²) < 4.78 is 12.9. The van der Waals surface area contributed by atoms with Crippen LogP contribution in [0.5, 0.6) is 0 Å². The maximum absolute atomic E-state index is 12.9. The number of hydrogen-bond acceptors (Lipinski definition) is 2. The Labute approximate surface area is 104 Å². The van der Waals surface area contributed by atoms with Crippen molar-refractivity contribution in [2.75, 3.05) is 18.4 Å². The maximum Gasteiger partial charge on any atom is 0.239 e. The summed E-state index contributed by atoms with van der Waals surface area (Å²) >= 11 is 5.62. The van der Waals surface area contributed by atoms with Crippen molar-refractivity contribution >= 4 is 23.2 Å². The zero-order chi connectivity index (χ0) is 12.3. The lowest BCUT2D eigenvalue weighted by Crippen LogP contribution is -2.31. The number of halogens is 2. The van der Waals surface area contributed by atoms with Crippen LogP contribution in [0.25, 0.3) is 0 Å². The van der Waals surface area contributed by atoms with E-state index in [1.807, 2.05) is 0 Å². The quantitative estimate of drug-likeness (QED) is 0.850. The van der Waals surface area contributed by atoms with Gasteiger partial charge in [0.2, 0.25) is 5.91 Å². The monoisotopic (exact) mass is 256 g/mol. The Balaban J connectivity index is 1.75. The molecular weight excluding hydrogens is 243 g/mol. The highest BCUT2D eigenvalue weighted by Crippen LogP contribution is 2.27. The van der Waals surface area contributed by atoms with Gasteiger partial charge in [0.1, 0.15) is 5.82 Å². The smallest absolute Gasteiger partial charge is 0.239 e. The number of hydrogen-bond donors (Lipinski definition) is 2. The lowest BCUT2D eigenvalue weighted by Gasteiger charge is -2.07. The van der Waals surface area contributed by atoms with Gasteiger partial charge in [-0.1, -0.05) is 11.6 Å². The van der Waals surface area contributed by atoms with Gasteiger partial charge in [0.25, 0.3) is 0 Å². The first kappa shape index (κ1) is 12.2. The molecule has 2 rings (SSSR count). The third-order valence-electron chi connectivity index (χ3n) is 2.66. The molecule has 2 N–H and O–H groups in total. The standard InChI is InChI=1S/C12H14ClFN2O/c13-10-5-9(3-4-11(10)14)15-7-12(17)16-6-8-1-2-8/h3-5,8,15H,1-2,6-7H2,(H,16,17). The fraction of sp³-hybridized carbons (Fsp3) is 0.417. The third kappa shape index (κ3) is 3.89. The van der Waals surface area contributed by atoms with Crippen LogP contribution in [0.1, 0.15) is 12.8 Å². The molecular formula is C12H14ClFN2O. The van der Waals surface area contributed by atoms with E-state index in [0.717, 1.165) is 6.54 Å². The molecule has 1 amide bonds. The van der Waals surface area contributed by atoms with Gasteiger partial charge in [-0.3, -0.25) is 4.79 Å². The second-order valence-electron chi connectivity index (χ2n) is 4.23. The van der Waals surface area contributed by atoms with Crippen molar-refractivity contribution in [2.45, 2.75) is 12.8 Å². The number of carbonyl (C=O) groups is 1. The van der Waals surface area contributed by atoms with E-state index < -0.39 is 5.82 Å². The van der Waals surface area contributed by atoms with Crippen molar-refractivity contribution in [3.63, 3.8) is 0 Å². The molecule has 0 bridgehead atoms. The SMILES string of the molecule is O=C(CNc1ccc(F)c(Cl)c1)NCC1CC1. The minimum atomic E-state index is -0.463. The average Bonchev–Trinajstić information content (AvgIpc) is 3.12. The second-order valence-corrected chi connectivity index (χ2v) is 4.64. The van der Waals surface area contributed by atoms with Gasteiger partial charge in [-0.2, -0.15) is 0 Å². The van der Waals surface area contributed by atoms with Crippen molar-refractivity contribution in [3.8, 4) is 0 Å². The Kier molecular flexibility index (Phi) is 3.84. The molecule has 0 spiro atoms. The zero-order valence-corrected chi connectivity index (χ0v) is 10.1. The molecule has 0 aromatic heterocycles. The Morgan fingerprint density at radius 3 is 2.88 bits per heavy atom. The van der Waals surface area contributed by atoms with Crippen molar-refractivity contribution < 1.29 is 9.18 Å². The molecule has 0 saturated heterocycles. The molecule has 0 atom stereocenters. The maximum atomic E-state index is 12.9. The summed E-state index contributed by atoms with van der Waals surface area (Å²) in [5, 5.41) is 5.78. The molecule has 0 unspecified atom stereocenters. The minimum Gasteiger partial charge on any atom is -0.376 e. The van der Waals surface area contributed by atoms with Gasteiger partial charge in [-0.05, 0) is 37.0 Å². The molecule has 5 heteroatoms. The van der Waals surface area contributed by atoms with Gasteiger partial charge in [-0.15, -0.1) is 0 Å². The summed E-state index contributed by atoms with van der Waals surface area (Å²) in [6.07, 6.45) is 2.42. The lowest BCUT2D eigenvalue weighted by molar-refractivity contribution is -0.119. The van der Waals surface area contributed by atoms with Gasteiger partial charge < -0.3 is 10.6 Å². The van der Waals surface area contributed by atoms with Crippen LogP contribution < -0.4 is 10.6 Å². The number of rotatable bonds is 5. The van der Waals surface area contributed by atoms with Gasteiger partial charge in [0, 0.05) is 12.2 Å². The first-order valence-electron chi connectivity index (χ1n) is 5.61. The van der Waals surface area contributed by atoms with Gasteiger partial charge >= 0.3 is 0 Å². The highest BCUT2D eigenvalue weighted by Gasteiger charge is 2.21. The predicted octanol–water partition coefficient (Wildman–Crippen LogP) is 2.42. The van der Waals surface area contributed by atoms with Crippen molar-refractivity contribution in [3.05, 3.63) is 29.0 Å². The van der Waals surface area contributed by atoms with Gasteiger partial charge in [0.15, 0.2) is 0 Å². The van der Waals surface area contributed by atoms with E-state index in [-0.39, 0.29) is 17.5 Å². The number of nitrogens with one attached hydrogen (secondary N) is 2. The van der Waals surface area contributed by atoms with Gasteiger partial charge in [-0.25, -0.2) is 4.39 Å². The van der Waals surface area contributed by atoms with Crippen LogP contribution in [0, 0.1) is 11.7 Å². The van der Waals surface area contributed by atoms with Gasteiger partial charge in [0.05, 0.1) is 11.6 Å². The second kappa shape index (κ2) is 5.36. The molecule has 0 radical (unpaired) electrons. The molecule has 1 aliphatic rings. The summed E-state index contributed by atoms with van der Waals surface area (Å²) in [7, 11) is 0. The van der Waals surface area contributed by atoms with Crippen LogP contribution >= 0.6 is 11.6 Å². The van der Waals surface area contributed by atoms with Crippen molar-refractivity contribution in [1.82, 2.24) is 5.32 Å². The molecule has 1 aromatic carbocycles. The molecule has 1 fully saturated rings. The summed E-state index contributed by atoms with van der Waals surface area (Å²) in [6, 6.07) is 4.28. The van der Waals surface area contributed by atoms with E-state index in [9.17, 15) is 9.18 Å². The van der Waals surface area contributed by atoms with Crippen LogP contribution in [-0.4, -0.2) is 19.0 Å². The summed E-state index contributed by atoms with van der Waals surface area (Å²) in [5.41, 5.74) is 0.637. The molecule has 1 saturated carbocycles. The average molecular weight is 257 g/mol. The number of anilines is 1. The summed E-state index contributed by atoms with van der Waals surface area (Å²) in [6.45, 7) is 0.930. The molecule has 17 heavy (non-hydrogen) atoms. The van der Waals surface area contributed by atoms with Crippen molar-refractivity contribution in [2.24, 2.45) is 5.92 Å². The van der Waals surface area contributed by atoms with Crippen LogP contribution in [0.3, 0.4) is 0 Å². The Bertz CT molecular complexity index is 421. The highest BCUT2D eigenvalue weighted by atomic mass is 35.5. The largest absolute Gasteiger partial charge is 0.376 e. The van der Waals surface area contributed by atoms with E-state index in [1.165, 1.54) is 25.0 Å². The van der Waals surface area contributed by atoms with Crippen LogP contribution in [0.4, 0.5) is 10.1 Å².